The lowest BCUT2D eigenvalue weighted by Gasteiger charge is -2.17. The third kappa shape index (κ3) is 7.22. The van der Waals surface area contributed by atoms with E-state index >= 15 is 0 Å². The fourth-order valence-corrected chi connectivity index (χ4v) is 2.23. The molecule has 7 heteroatoms. The number of carbonyl (C=O) groups is 1. The Hall–Kier alpha value is -1.44. The summed E-state index contributed by atoms with van der Waals surface area (Å²) in [5.74, 6) is -0.0327. The predicted octanol–water partition coefficient (Wildman–Crippen LogP) is 0.510. The summed E-state index contributed by atoms with van der Waals surface area (Å²) in [6, 6.07) is 6.30. The maximum Gasteiger partial charge on any atom is 0.238 e. The van der Waals surface area contributed by atoms with Crippen molar-refractivity contribution in [3.05, 3.63) is 29.8 Å². The number of primary sulfonamides is 1. The Morgan fingerprint density at radius 2 is 1.81 bits per heavy atom. The van der Waals surface area contributed by atoms with E-state index < -0.39 is 10.0 Å². The number of hydrogen-bond acceptors (Lipinski definition) is 4. The van der Waals surface area contributed by atoms with Crippen LogP contribution in [0.3, 0.4) is 0 Å². The van der Waals surface area contributed by atoms with Gasteiger partial charge in [-0.3, -0.25) is 4.79 Å². The van der Waals surface area contributed by atoms with Crippen molar-refractivity contribution in [1.82, 2.24) is 5.32 Å². The molecule has 0 radical (unpaired) electrons. The van der Waals surface area contributed by atoms with Crippen molar-refractivity contribution in [1.29, 1.82) is 0 Å². The van der Waals surface area contributed by atoms with Crippen molar-refractivity contribution in [2.24, 2.45) is 10.9 Å². The van der Waals surface area contributed by atoms with Gasteiger partial charge in [0.25, 0.3) is 0 Å². The minimum Gasteiger partial charge on any atom is -0.356 e. The highest BCUT2D eigenvalue weighted by atomic mass is 32.2. The van der Waals surface area contributed by atoms with Crippen molar-refractivity contribution >= 4 is 15.9 Å². The van der Waals surface area contributed by atoms with Gasteiger partial charge in [-0.15, -0.1) is 0 Å². The first-order valence-corrected chi connectivity index (χ1v) is 8.30. The molecule has 0 saturated carbocycles. The monoisotopic (exact) mass is 313 g/mol. The summed E-state index contributed by atoms with van der Waals surface area (Å²) in [5, 5.41) is 7.83. The number of amides is 1. The van der Waals surface area contributed by atoms with E-state index in [1.54, 1.807) is 12.1 Å². The molecule has 21 heavy (non-hydrogen) atoms. The molecular weight excluding hydrogens is 290 g/mol. The maximum absolute atomic E-state index is 11.6. The van der Waals surface area contributed by atoms with Crippen LogP contribution in [0.4, 0.5) is 0 Å². The molecule has 6 nitrogen and oxygen atoms in total. The summed E-state index contributed by atoms with van der Waals surface area (Å²) in [5.41, 5.74) is 6.40. The molecule has 0 aliphatic carbocycles. The molecule has 0 aromatic heterocycles. The molecule has 0 saturated heterocycles. The molecule has 0 aliphatic rings. The number of carbonyl (C=O) groups excluding carboxylic acids is 1. The van der Waals surface area contributed by atoms with Crippen molar-refractivity contribution in [3.63, 3.8) is 0 Å². The van der Waals surface area contributed by atoms with Crippen LogP contribution < -0.4 is 16.2 Å². The molecule has 1 rings (SSSR count). The average molecular weight is 313 g/mol. The highest BCUT2D eigenvalue weighted by Gasteiger charge is 2.13. The minimum atomic E-state index is -3.66. The summed E-state index contributed by atoms with van der Waals surface area (Å²) >= 11 is 0. The van der Waals surface area contributed by atoms with Gasteiger partial charge in [0.1, 0.15) is 0 Å². The molecule has 118 valence electrons. The van der Waals surface area contributed by atoms with Crippen LogP contribution in [0.25, 0.3) is 0 Å². The first-order chi connectivity index (χ1) is 9.58. The third-order valence-electron chi connectivity index (χ3n) is 2.98. The first kappa shape index (κ1) is 17.6. The van der Waals surface area contributed by atoms with Crippen LogP contribution in [-0.2, 0) is 21.2 Å². The minimum absolute atomic E-state index is 0.0327. The van der Waals surface area contributed by atoms with Crippen molar-refractivity contribution in [2.75, 3.05) is 6.54 Å². The van der Waals surface area contributed by atoms with Crippen molar-refractivity contribution in [2.45, 2.75) is 43.5 Å². The van der Waals surface area contributed by atoms with Gasteiger partial charge in [0.15, 0.2) is 0 Å². The van der Waals surface area contributed by atoms with Crippen LogP contribution in [0.15, 0.2) is 29.2 Å². The number of rotatable bonds is 7. The Labute approximate surface area is 126 Å². The fraction of sp³-hybridized carbons (Fsp3) is 0.500. The zero-order chi connectivity index (χ0) is 16.1. The van der Waals surface area contributed by atoms with Gasteiger partial charge in [0.05, 0.1) is 4.90 Å². The Bertz CT molecular complexity index is 574. The smallest absolute Gasteiger partial charge is 0.238 e. The third-order valence-corrected chi connectivity index (χ3v) is 3.91. The van der Waals surface area contributed by atoms with E-state index in [2.05, 4.69) is 5.32 Å². The van der Waals surface area contributed by atoms with Gasteiger partial charge in [-0.25, -0.2) is 13.6 Å². The quantitative estimate of drug-likeness (QED) is 0.680. The van der Waals surface area contributed by atoms with E-state index in [0.717, 1.165) is 5.56 Å². The summed E-state index contributed by atoms with van der Waals surface area (Å²) in [6.07, 6.45) is 1.65. The van der Waals surface area contributed by atoms with Crippen LogP contribution in [0.5, 0.6) is 0 Å². The first-order valence-electron chi connectivity index (χ1n) is 6.75. The van der Waals surface area contributed by atoms with Gasteiger partial charge in [-0.2, -0.15) is 0 Å². The highest BCUT2D eigenvalue weighted by Crippen LogP contribution is 2.09. The van der Waals surface area contributed by atoms with Crippen LogP contribution in [0, 0.1) is 0 Å². The van der Waals surface area contributed by atoms with E-state index in [0.29, 0.717) is 25.8 Å². The molecule has 1 aromatic carbocycles. The largest absolute Gasteiger partial charge is 0.356 e. The maximum atomic E-state index is 11.6. The standard InChI is InChI=1S/C14H23N3O3S/c1-14(2,15)9-7-13(18)17-10-8-11-3-5-12(6-4-11)21(16,19)20/h3-6H,7-10,15H2,1-2H3,(H,17,18)(H2,16,19,20). The predicted molar refractivity (Wildman–Crippen MR) is 82.0 cm³/mol. The second-order valence-electron chi connectivity index (χ2n) is 5.78. The Morgan fingerprint density at radius 3 is 2.29 bits per heavy atom. The lowest BCUT2D eigenvalue weighted by Crippen LogP contribution is -2.34. The Balaban J connectivity index is 2.38. The SMILES string of the molecule is CC(C)(N)CCC(=O)NCCc1ccc(S(N)(=O)=O)cc1. The van der Waals surface area contributed by atoms with Gasteiger partial charge in [-0.05, 0) is 44.4 Å². The van der Waals surface area contributed by atoms with E-state index in [4.69, 9.17) is 10.9 Å². The summed E-state index contributed by atoms with van der Waals surface area (Å²) in [7, 11) is -3.66. The highest BCUT2D eigenvalue weighted by molar-refractivity contribution is 7.89. The number of benzene rings is 1. The lowest BCUT2D eigenvalue weighted by atomic mass is 10.00. The van der Waals surface area contributed by atoms with Gasteiger partial charge < -0.3 is 11.1 Å². The second kappa shape index (κ2) is 7.02. The molecule has 0 unspecified atom stereocenters. The Morgan fingerprint density at radius 1 is 1.24 bits per heavy atom. The molecule has 5 N–H and O–H groups in total. The second-order valence-corrected chi connectivity index (χ2v) is 7.34. The zero-order valence-electron chi connectivity index (χ0n) is 12.4. The molecule has 0 heterocycles. The van der Waals surface area contributed by atoms with E-state index in [1.807, 2.05) is 13.8 Å². The molecule has 0 fully saturated rings. The molecule has 0 bridgehead atoms. The van der Waals surface area contributed by atoms with Crippen LogP contribution >= 0.6 is 0 Å². The average Bonchev–Trinajstić information content (AvgIpc) is 2.35. The normalized spacial score (nSPS) is 12.2. The number of nitrogens with two attached hydrogens (primary N) is 2. The van der Waals surface area contributed by atoms with E-state index in [1.165, 1.54) is 12.1 Å². The van der Waals surface area contributed by atoms with Crippen molar-refractivity contribution in [3.8, 4) is 0 Å². The molecule has 1 amide bonds. The number of sulfonamides is 1. The Kier molecular flexibility index (Phi) is 5.88. The molecule has 0 atom stereocenters. The summed E-state index contributed by atoms with van der Waals surface area (Å²) < 4.78 is 22.2. The van der Waals surface area contributed by atoms with Gasteiger partial charge in [0, 0.05) is 18.5 Å². The topological polar surface area (TPSA) is 115 Å². The molecule has 0 aliphatic heterocycles. The summed E-state index contributed by atoms with van der Waals surface area (Å²) in [4.78, 5) is 11.7. The van der Waals surface area contributed by atoms with Crippen LogP contribution in [-0.4, -0.2) is 26.4 Å². The van der Waals surface area contributed by atoms with Crippen molar-refractivity contribution < 1.29 is 13.2 Å². The van der Waals surface area contributed by atoms with Gasteiger partial charge in [-0.1, -0.05) is 12.1 Å². The number of nitrogens with one attached hydrogen (secondary N) is 1. The van der Waals surface area contributed by atoms with Gasteiger partial charge in [0.2, 0.25) is 15.9 Å². The zero-order valence-corrected chi connectivity index (χ0v) is 13.2. The van der Waals surface area contributed by atoms with Crippen LogP contribution in [0.1, 0.15) is 32.3 Å². The van der Waals surface area contributed by atoms with Gasteiger partial charge >= 0.3 is 0 Å². The number of hydrogen-bond donors (Lipinski definition) is 3. The molecule has 0 spiro atoms. The molecular formula is C14H23N3O3S. The fourth-order valence-electron chi connectivity index (χ4n) is 1.72. The molecule has 1 aromatic rings. The van der Waals surface area contributed by atoms with Crippen LogP contribution in [0.2, 0.25) is 0 Å². The summed E-state index contributed by atoms with van der Waals surface area (Å²) in [6.45, 7) is 4.26. The van der Waals surface area contributed by atoms with E-state index in [9.17, 15) is 13.2 Å². The van der Waals surface area contributed by atoms with E-state index in [-0.39, 0.29) is 16.3 Å². The lowest BCUT2D eigenvalue weighted by molar-refractivity contribution is -0.121.